The number of rotatable bonds is 3. The molecular weight excluding hydrogens is 176 g/mol. The molecule has 1 aromatic carbocycles. The van der Waals surface area contributed by atoms with Crippen molar-refractivity contribution >= 4 is 5.69 Å². The topological polar surface area (TPSA) is 47.3 Å². The average molecular weight is 190 g/mol. The van der Waals surface area contributed by atoms with E-state index in [1.165, 1.54) is 0 Å². The molecule has 2 atom stereocenters. The van der Waals surface area contributed by atoms with Crippen LogP contribution in [0.5, 0.6) is 0 Å². The summed E-state index contributed by atoms with van der Waals surface area (Å²) in [5.41, 5.74) is 0.858. The van der Waals surface area contributed by atoms with Crippen molar-refractivity contribution in [1.82, 2.24) is 0 Å². The highest BCUT2D eigenvalue weighted by Crippen LogP contribution is 2.18. The Morgan fingerprint density at radius 2 is 1.86 bits per heavy atom. The summed E-state index contributed by atoms with van der Waals surface area (Å²) in [6.45, 7) is 3.42. The van der Waals surface area contributed by atoms with Gasteiger partial charge < -0.3 is 10.0 Å². The fraction of sp³-hybridized carbons (Fsp3) is 0.364. The van der Waals surface area contributed by atoms with Gasteiger partial charge in [-0.2, -0.15) is 5.26 Å². The summed E-state index contributed by atoms with van der Waals surface area (Å²) in [4.78, 5) is 1.67. The molecule has 0 aliphatic rings. The molecule has 1 rings (SSSR count). The number of hydrogen-bond donors (Lipinski definition) is 1. The number of nitriles is 1. The van der Waals surface area contributed by atoms with Crippen LogP contribution in [-0.2, 0) is 0 Å². The van der Waals surface area contributed by atoms with E-state index < -0.39 is 6.23 Å². The van der Waals surface area contributed by atoms with Gasteiger partial charge in [-0.15, -0.1) is 0 Å². The summed E-state index contributed by atoms with van der Waals surface area (Å²) in [6.07, 6.45) is -0.660. The molecule has 2 unspecified atom stereocenters. The van der Waals surface area contributed by atoms with Gasteiger partial charge in [-0.3, -0.25) is 0 Å². The Balaban J connectivity index is 2.96. The molecule has 0 aliphatic carbocycles. The van der Waals surface area contributed by atoms with Crippen LogP contribution in [0.1, 0.15) is 13.8 Å². The summed E-state index contributed by atoms with van der Waals surface area (Å²) >= 11 is 0. The third-order valence-electron chi connectivity index (χ3n) is 2.06. The summed E-state index contributed by atoms with van der Waals surface area (Å²) in [5.74, 6) is 0. The lowest BCUT2D eigenvalue weighted by Crippen LogP contribution is -2.39. The molecule has 0 heterocycles. The van der Waals surface area contributed by atoms with Crippen LogP contribution in [0.15, 0.2) is 30.3 Å². The molecule has 0 amide bonds. The minimum Gasteiger partial charge on any atom is -0.374 e. The quantitative estimate of drug-likeness (QED) is 0.738. The number of nitrogens with zero attached hydrogens (tertiary/aromatic N) is 2. The second-order valence-corrected chi connectivity index (χ2v) is 3.18. The average Bonchev–Trinajstić information content (AvgIpc) is 2.19. The molecule has 1 aromatic rings. The summed E-state index contributed by atoms with van der Waals surface area (Å²) in [7, 11) is 0. The van der Waals surface area contributed by atoms with Crippen LogP contribution >= 0.6 is 0 Å². The predicted octanol–water partition coefficient (Wildman–Crippen LogP) is 1.74. The minimum absolute atomic E-state index is 0.336. The number of para-hydroxylation sites is 1. The van der Waals surface area contributed by atoms with Gasteiger partial charge in [-0.25, -0.2) is 0 Å². The first kappa shape index (κ1) is 10.6. The summed E-state index contributed by atoms with van der Waals surface area (Å²) in [5, 5.41) is 18.4. The SMILES string of the molecule is CC(O)N(c1ccccc1)C(C)C#N. The van der Waals surface area contributed by atoms with Crippen LogP contribution in [0.4, 0.5) is 5.69 Å². The van der Waals surface area contributed by atoms with E-state index in [0.29, 0.717) is 0 Å². The first-order chi connectivity index (χ1) is 6.66. The molecule has 0 aromatic heterocycles. The third kappa shape index (κ3) is 2.24. The Hall–Kier alpha value is -1.53. The van der Waals surface area contributed by atoms with E-state index in [2.05, 4.69) is 6.07 Å². The van der Waals surface area contributed by atoms with Gasteiger partial charge in [0.15, 0.2) is 0 Å². The third-order valence-corrected chi connectivity index (χ3v) is 2.06. The van der Waals surface area contributed by atoms with E-state index in [-0.39, 0.29) is 6.04 Å². The lowest BCUT2D eigenvalue weighted by molar-refractivity contribution is 0.184. The molecule has 0 aliphatic heterocycles. The first-order valence-electron chi connectivity index (χ1n) is 4.58. The van der Waals surface area contributed by atoms with Gasteiger partial charge >= 0.3 is 0 Å². The van der Waals surface area contributed by atoms with Gasteiger partial charge in [0.2, 0.25) is 0 Å². The Bertz CT molecular complexity index is 316. The monoisotopic (exact) mass is 190 g/mol. The van der Waals surface area contributed by atoms with Crippen molar-refractivity contribution in [3.05, 3.63) is 30.3 Å². The van der Waals surface area contributed by atoms with Gasteiger partial charge in [-0.1, -0.05) is 18.2 Å². The number of anilines is 1. The Morgan fingerprint density at radius 1 is 1.29 bits per heavy atom. The number of hydrogen-bond acceptors (Lipinski definition) is 3. The molecule has 0 bridgehead atoms. The largest absolute Gasteiger partial charge is 0.374 e. The molecule has 74 valence electrons. The lowest BCUT2D eigenvalue weighted by atomic mass is 10.2. The molecule has 0 radical (unpaired) electrons. The second kappa shape index (κ2) is 4.64. The van der Waals surface area contributed by atoms with Crippen molar-refractivity contribution in [1.29, 1.82) is 5.26 Å². The maximum atomic E-state index is 9.54. The van der Waals surface area contributed by atoms with Gasteiger partial charge in [0.05, 0.1) is 6.07 Å². The van der Waals surface area contributed by atoms with Crippen molar-refractivity contribution in [3.8, 4) is 6.07 Å². The van der Waals surface area contributed by atoms with E-state index >= 15 is 0 Å². The van der Waals surface area contributed by atoms with Crippen molar-refractivity contribution in [2.45, 2.75) is 26.1 Å². The van der Waals surface area contributed by atoms with Gasteiger partial charge in [0, 0.05) is 5.69 Å². The zero-order valence-corrected chi connectivity index (χ0v) is 8.38. The van der Waals surface area contributed by atoms with E-state index in [9.17, 15) is 5.11 Å². The Morgan fingerprint density at radius 3 is 2.29 bits per heavy atom. The van der Waals surface area contributed by atoms with E-state index in [0.717, 1.165) is 5.69 Å². The zero-order valence-electron chi connectivity index (χ0n) is 8.38. The molecule has 0 saturated carbocycles. The number of aliphatic hydroxyl groups is 1. The molecule has 0 saturated heterocycles. The van der Waals surface area contributed by atoms with Crippen molar-refractivity contribution in [2.75, 3.05) is 4.90 Å². The maximum Gasteiger partial charge on any atom is 0.125 e. The van der Waals surface area contributed by atoms with Gasteiger partial charge in [0.1, 0.15) is 12.3 Å². The van der Waals surface area contributed by atoms with Crippen LogP contribution < -0.4 is 4.90 Å². The minimum atomic E-state index is -0.660. The first-order valence-corrected chi connectivity index (χ1v) is 4.58. The molecule has 0 spiro atoms. The van der Waals surface area contributed by atoms with Gasteiger partial charge in [0.25, 0.3) is 0 Å². The molecule has 0 fully saturated rings. The molecule has 3 nitrogen and oxygen atoms in total. The smallest absolute Gasteiger partial charge is 0.125 e. The van der Waals surface area contributed by atoms with Crippen LogP contribution in [0.3, 0.4) is 0 Å². The normalized spacial score (nSPS) is 14.1. The van der Waals surface area contributed by atoms with Crippen molar-refractivity contribution < 1.29 is 5.11 Å². The lowest BCUT2D eigenvalue weighted by Gasteiger charge is -2.29. The Labute approximate surface area is 84.2 Å². The van der Waals surface area contributed by atoms with E-state index in [1.807, 2.05) is 30.3 Å². The fourth-order valence-electron chi connectivity index (χ4n) is 1.43. The highest BCUT2D eigenvalue weighted by atomic mass is 16.3. The molecule has 1 N–H and O–H groups in total. The molecular formula is C11H14N2O. The highest BCUT2D eigenvalue weighted by molar-refractivity contribution is 5.48. The van der Waals surface area contributed by atoms with Gasteiger partial charge in [-0.05, 0) is 26.0 Å². The predicted molar refractivity (Wildman–Crippen MR) is 55.7 cm³/mol. The van der Waals surface area contributed by atoms with E-state index in [4.69, 9.17) is 5.26 Å². The standard InChI is InChI=1S/C11H14N2O/c1-9(8-12)13(10(2)14)11-6-4-3-5-7-11/h3-7,9-10,14H,1-2H3. The van der Waals surface area contributed by atoms with Crippen LogP contribution in [0, 0.1) is 11.3 Å². The molecule has 14 heavy (non-hydrogen) atoms. The zero-order chi connectivity index (χ0) is 10.6. The summed E-state index contributed by atoms with van der Waals surface area (Å²) < 4.78 is 0. The van der Waals surface area contributed by atoms with Crippen molar-refractivity contribution in [3.63, 3.8) is 0 Å². The highest BCUT2D eigenvalue weighted by Gasteiger charge is 2.17. The molecule has 3 heteroatoms. The van der Waals surface area contributed by atoms with Crippen molar-refractivity contribution in [2.24, 2.45) is 0 Å². The number of benzene rings is 1. The van der Waals surface area contributed by atoms with Crippen LogP contribution in [0.2, 0.25) is 0 Å². The Kier molecular flexibility index (Phi) is 3.49. The fourth-order valence-corrected chi connectivity index (χ4v) is 1.43. The second-order valence-electron chi connectivity index (χ2n) is 3.18. The maximum absolute atomic E-state index is 9.54. The number of aliphatic hydroxyl groups excluding tert-OH is 1. The summed E-state index contributed by atoms with van der Waals surface area (Å²) in [6, 6.07) is 11.2. The van der Waals surface area contributed by atoms with Crippen LogP contribution in [0.25, 0.3) is 0 Å². The van der Waals surface area contributed by atoms with E-state index in [1.54, 1.807) is 18.7 Å². The van der Waals surface area contributed by atoms with Crippen LogP contribution in [-0.4, -0.2) is 17.4 Å².